The van der Waals surface area contributed by atoms with Crippen molar-refractivity contribution < 1.29 is 14.7 Å². The fraction of sp³-hybridized carbons (Fsp3) is 0.333. The van der Waals surface area contributed by atoms with E-state index in [4.69, 9.17) is 0 Å². The van der Waals surface area contributed by atoms with Gasteiger partial charge in [-0.2, -0.15) is 0 Å². The molecule has 0 bridgehead atoms. The number of Topliss-reactive ketones (excluding diaryl/α,β-unsaturated/α-hetero) is 1. The van der Waals surface area contributed by atoms with Gasteiger partial charge in [-0.25, -0.2) is 0 Å². The van der Waals surface area contributed by atoms with Crippen molar-refractivity contribution in [2.45, 2.75) is 22.0 Å². The number of amides is 1. The van der Waals surface area contributed by atoms with Crippen LogP contribution in [-0.2, 0) is 4.79 Å². The molecule has 2 N–H and O–H groups in total. The third-order valence-electron chi connectivity index (χ3n) is 2.80. The van der Waals surface area contributed by atoms with Gasteiger partial charge in [0.25, 0.3) is 0 Å². The number of aromatic nitrogens is 2. The molecule has 128 valence electrons. The number of nitrogens with one attached hydrogen (secondary N) is 1. The summed E-state index contributed by atoms with van der Waals surface area (Å²) in [6.45, 7) is 2.68. The molecule has 0 saturated carbocycles. The van der Waals surface area contributed by atoms with E-state index in [9.17, 15) is 14.7 Å². The number of phenolic OH excluding ortho intramolecular Hbond substituents is 1. The van der Waals surface area contributed by atoms with Crippen LogP contribution in [0.1, 0.15) is 23.7 Å². The molecule has 1 aromatic carbocycles. The van der Waals surface area contributed by atoms with Crippen LogP contribution in [0, 0.1) is 0 Å². The maximum atomic E-state index is 12.0. The highest BCUT2D eigenvalue weighted by atomic mass is 32.2. The van der Waals surface area contributed by atoms with Crippen molar-refractivity contribution in [3.63, 3.8) is 0 Å². The van der Waals surface area contributed by atoms with Crippen molar-refractivity contribution >= 4 is 46.6 Å². The van der Waals surface area contributed by atoms with Gasteiger partial charge in [-0.15, -0.1) is 10.2 Å². The minimum absolute atomic E-state index is 0.0197. The molecule has 2 rings (SSSR count). The Morgan fingerprint density at radius 1 is 1.12 bits per heavy atom. The lowest BCUT2D eigenvalue weighted by Gasteiger charge is -2.00. The topological polar surface area (TPSA) is 92.2 Å². The molecule has 0 aliphatic carbocycles. The van der Waals surface area contributed by atoms with Crippen LogP contribution < -0.4 is 5.32 Å². The van der Waals surface area contributed by atoms with Crippen LogP contribution in [0.25, 0.3) is 0 Å². The Balaban J connectivity index is 1.78. The first-order valence-electron chi connectivity index (χ1n) is 7.26. The van der Waals surface area contributed by atoms with Crippen LogP contribution in [0.3, 0.4) is 0 Å². The zero-order valence-electron chi connectivity index (χ0n) is 13.0. The maximum absolute atomic E-state index is 12.0. The van der Waals surface area contributed by atoms with E-state index in [0.29, 0.717) is 26.5 Å². The Hall–Kier alpha value is -1.58. The van der Waals surface area contributed by atoms with Gasteiger partial charge in [0.2, 0.25) is 5.91 Å². The van der Waals surface area contributed by atoms with Gasteiger partial charge in [0, 0.05) is 12.1 Å². The highest BCUT2D eigenvalue weighted by Gasteiger charge is 2.11. The normalized spacial score (nSPS) is 10.5. The number of aromatic hydroxyl groups is 1. The summed E-state index contributed by atoms with van der Waals surface area (Å²) in [5.41, 5.74) is 0.548. The predicted molar refractivity (Wildman–Crippen MR) is 97.1 cm³/mol. The Morgan fingerprint density at radius 2 is 1.75 bits per heavy atom. The summed E-state index contributed by atoms with van der Waals surface area (Å²) in [5.74, 6) is 0.636. The van der Waals surface area contributed by atoms with Crippen molar-refractivity contribution in [2.75, 3.05) is 18.1 Å². The highest BCUT2D eigenvalue weighted by molar-refractivity contribution is 8.03. The standard InChI is InChI=1S/C15H17N3O3S3/c1-2-7-16-13(21)9-23-15-18-17-14(24-15)22-8-12(20)10-3-5-11(19)6-4-10/h3-6,19H,2,7-9H2,1H3,(H,16,21). The number of carbonyl (C=O) groups is 2. The number of carbonyl (C=O) groups excluding carboxylic acids is 2. The van der Waals surface area contributed by atoms with E-state index in [0.717, 1.165) is 6.42 Å². The largest absolute Gasteiger partial charge is 0.508 e. The van der Waals surface area contributed by atoms with Crippen molar-refractivity contribution in [1.82, 2.24) is 15.5 Å². The fourth-order valence-corrected chi connectivity index (χ4v) is 4.36. The molecule has 24 heavy (non-hydrogen) atoms. The Labute approximate surface area is 152 Å². The summed E-state index contributed by atoms with van der Waals surface area (Å²) in [5, 5.41) is 20.1. The number of ketones is 1. The highest BCUT2D eigenvalue weighted by Crippen LogP contribution is 2.29. The molecule has 6 nitrogen and oxygen atoms in total. The van der Waals surface area contributed by atoms with E-state index in [1.807, 2.05) is 6.92 Å². The lowest BCUT2D eigenvalue weighted by molar-refractivity contribution is -0.118. The summed E-state index contributed by atoms with van der Waals surface area (Å²) in [6.07, 6.45) is 0.908. The SMILES string of the molecule is CCCNC(=O)CSc1nnc(SCC(=O)c2ccc(O)cc2)s1. The predicted octanol–water partition coefficient (Wildman–Crippen LogP) is 2.84. The van der Waals surface area contributed by atoms with Gasteiger partial charge in [0.15, 0.2) is 14.5 Å². The van der Waals surface area contributed by atoms with E-state index >= 15 is 0 Å². The average Bonchev–Trinajstić information content (AvgIpc) is 3.04. The molecule has 0 spiro atoms. The average molecular weight is 384 g/mol. The molecule has 1 aromatic heterocycles. The summed E-state index contributed by atoms with van der Waals surface area (Å²) < 4.78 is 1.40. The Kier molecular flexibility index (Phi) is 7.54. The van der Waals surface area contributed by atoms with Crippen LogP contribution >= 0.6 is 34.9 Å². The zero-order chi connectivity index (χ0) is 17.4. The number of benzene rings is 1. The van der Waals surface area contributed by atoms with Gasteiger partial charge in [0.1, 0.15) is 5.75 Å². The molecule has 1 heterocycles. The maximum Gasteiger partial charge on any atom is 0.230 e. The molecular weight excluding hydrogens is 366 g/mol. The Bertz CT molecular complexity index is 689. The molecular formula is C15H17N3O3S3. The second-order valence-corrected chi connectivity index (χ2v) is 8.15. The van der Waals surface area contributed by atoms with Gasteiger partial charge >= 0.3 is 0 Å². The molecule has 1 amide bonds. The number of rotatable bonds is 9. The van der Waals surface area contributed by atoms with Crippen LogP contribution in [0.5, 0.6) is 5.75 Å². The summed E-state index contributed by atoms with van der Waals surface area (Å²) in [6, 6.07) is 6.16. The van der Waals surface area contributed by atoms with Gasteiger partial charge in [-0.05, 0) is 30.7 Å². The lowest BCUT2D eigenvalue weighted by atomic mass is 10.1. The van der Waals surface area contributed by atoms with Gasteiger partial charge < -0.3 is 10.4 Å². The Morgan fingerprint density at radius 3 is 2.38 bits per heavy atom. The monoisotopic (exact) mass is 383 g/mol. The van der Waals surface area contributed by atoms with E-state index in [1.54, 1.807) is 12.1 Å². The van der Waals surface area contributed by atoms with Gasteiger partial charge in [-0.3, -0.25) is 9.59 Å². The summed E-state index contributed by atoms with van der Waals surface area (Å²) in [4.78, 5) is 23.6. The molecule has 9 heteroatoms. The quantitative estimate of drug-likeness (QED) is 0.508. The molecule has 0 atom stereocenters. The van der Waals surface area contributed by atoms with Gasteiger partial charge in [-0.1, -0.05) is 41.8 Å². The van der Waals surface area contributed by atoms with E-state index in [1.165, 1.54) is 47.0 Å². The van der Waals surface area contributed by atoms with Crippen LogP contribution in [-0.4, -0.2) is 45.0 Å². The van der Waals surface area contributed by atoms with E-state index in [-0.39, 0.29) is 23.2 Å². The molecule has 0 aliphatic rings. The van der Waals surface area contributed by atoms with Crippen molar-refractivity contribution in [2.24, 2.45) is 0 Å². The lowest BCUT2D eigenvalue weighted by Crippen LogP contribution is -2.25. The van der Waals surface area contributed by atoms with Gasteiger partial charge in [0.05, 0.1) is 11.5 Å². The van der Waals surface area contributed by atoms with Crippen molar-refractivity contribution in [3.05, 3.63) is 29.8 Å². The third-order valence-corrected chi connectivity index (χ3v) is 5.99. The van der Waals surface area contributed by atoms with Crippen molar-refractivity contribution in [1.29, 1.82) is 0 Å². The molecule has 0 unspecified atom stereocenters. The minimum Gasteiger partial charge on any atom is -0.508 e. The summed E-state index contributed by atoms with van der Waals surface area (Å²) in [7, 11) is 0. The second kappa shape index (κ2) is 9.65. The zero-order valence-corrected chi connectivity index (χ0v) is 15.5. The first-order chi connectivity index (χ1) is 11.6. The van der Waals surface area contributed by atoms with Crippen LogP contribution in [0.4, 0.5) is 0 Å². The summed E-state index contributed by atoms with van der Waals surface area (Å²) >= 11 is 4.02. The minimum atomic E-state index is -0.0386. The number of thioether (sulfide) groups is 2. The number of hydrogen-bond donors (Lipinski definition) is 2. The fourth-order valence-electron chi connectivity index (χ4n) is 1.61. The molecule has 0 fully saturated rings. The smallest absolute Gasteiger partial charge is 0.230 e. The molecule has 2 aromatic rings. The first kappa shape index (κ1) is 18.8. The van der Waals surface area contributed by atoms with Crippen LogP contribution in [0.15, 0.2) is 32.9 Å². The second-order valence-electron chi connectivity index (χ2n) is 4.73. The molecule has 0 radical (unpaired) electrons. The third kappa shape index (κ3) is 6.14. The van der Waals surface area contributed by atoms with E-state index < -0.39 is 0 Å². The number of hydrogen-bond acceptors (Lipinski definition) is 8. The van der Waals surface area contributed by atoms with Crippen LogP contribution in [0.2, 0.25) is 0 Å². The molecule has 0 aliphatic heterocycles. The van der Waals surface area contributed by atoms with E-state index in [2.05, 4.69) is 15.5 Å². The van der Waals surface area contributed by atoms with Crippen molar-refractivity contribution in [3.8, 4) is 5.75 Å². The number of nitrogens with zero attached hydrogens (tertiary/aromatic N) is 2. The number of phenols is 1. The first-order valence-corrected chi connectivity index (χ1v) is 10.0. The molecule has 0 saturated heterocycles.